The third kappa shape index (κ3) is 3.94. The van der Waals surface area contributed by atoms with E-state index in [-0.39, 0.29) is 12.3 Å². The van der Waals surface area contributed by atoms with Crippen LogP contribution in [0.1, 0.15) is 11.1 Å². The molecule has 0 aromatic heterocycles. The number of ether oxygens (including phenoxy) is 2. The van der Waals surface area contributed by atoms with Crippen LogP contribution < -0.4 is 9.47 Å². The number of amides is 1. The van der Waals surface area contributed by atoms with Gasteiger partial charge in [-0.1, -0.05) is 35.3 Å². The van der Waals surface area contributed by atoms with Gasteiger partial charge in [0.15, 0.2) is 11.5 Å². The van der Waals surface area contributed by atoms with Gasteiger partial charge in [-0.05, 0) is 35.4 Å². The van der Waals surface area contributed by atoms with E-state index in [1.807, 2.05) is 24.3 Å². The average Bonchev–Trinajstić information content (AvgIpc) is 2.58. The molecule has 6 heteroatoms. The second-order valence-corrected chi connectivity index (χ2v) is 6.47. The van der Waals surface area contributed by atoms with Gasteiger partial charge in [0.2, 0.25) is 5.91 Å². The van der Waals surface area contributed by atoms with Crippen molar-refractivity contribution in [2.75, 3.05) is 20.3 Å². The minimum absolute atomic E-state index is 0.00304. The van der Waals surface area contributed by atoms with Crippen LogP contribution in [0.5, 0.6) is 11.5 Å². The molecule has 0 N–H and O–H groups in total. The van der Waals surface area contributed by atoms with Crippen LogP contribution in [0.25, 0.3) is 0 Å². The van der Waals surface area contributed by atoms with Gasteiger partial charge in [-0.3, -0.25) is 4.79 Å². The molecule has 126 valence electrons. The summed E-state index contributed by atoms with van der Waals surface area (Å²) in [6.45, 7) is 1.60. The summed E-state index contributed by atoms with van der Waals surface area (Å²) in [6.07, 6.45) is 0.276. The molecule has 0 saturated carbocycles. The lowest BCUT2D eigenvalue weighted by Gasteiger charge is -2.21. The SMILES string of the molecule is CN(Cc1ccc2c(c1)OCCO2)C(=O)Cc1ccc(Cl)c(Cl)c1. The van der Waals surface area contributed by atoms with Gasteiger partial charge in [0.25, 0.3) is 0 Å². The predicted octanol–water partition coefficient (Wildman–Crippen LogP) is 3.97. The lowest BCUT2D eigenvalue weighted by atomic mass is 10.1. The van der Waals surface area contributed by atoms with Gasteiger partial charge in [0, 0.05) is 13.6 Å². The Morgan fingerprint density at radius 2 is 1.71 bits per heavy atom. The third-order valence-electron chi connectivity index (χ3n) is 3.79. The number of fused-ring (bicyclic) bond motifs is 1. The zero-order valence-corrected chi connectivity index (χ0v) is 14.7. The molecule has 24 heavy (non-hydrogen) atoms. The molecule has 0 fully saturated rings. The van der Waals surface area contributed by atoms with Crippen LogP contribution in [0.3, 0.4) is 0 Å². The summed E-state index contributed by atoms with van der Waals surface area (Å²) in [5.74, 6) is 1.47. The highest BCUT2D eigenvalue weighted by molar-refractivity contribution is 6.42. The highest BCUT2D eigenvalue weighted by Crippen LogP contribution is 2.31. The Hall–Kier alpha value is -1.91. The molecule has 1 amide bonds. The smallest absolute Gasteiger partial charge is 0.227 e. The van der Waals surface area contributed by atoms with Gasteiger partial charge >= 0.3 is 0 Å². The first-order valence-electron chi connectivity index (χ1n) is 7.59. The Morgan fingerprint density at radius 3 is 2.46 bits per heavy atom. The van der Waals surface area contributed by atoms with Crippen molar-refractivity contribution < 1.29 is 14.3 Å². The number of hydrogen-bond donors (Lipinski definition) is 0. The van der Waals surface area contributed by atoms with Crippen LogP contribution in [-0.2, 0) is 17.8 Å². The standard InChI is InChI=1S/C18H17Cl2NO3/c1-21(18(22)10-12-2-4-14(19)15(20)8-12)11-13-3-5-16-17(9-13)24-7-6-23-16/h2-5,8-9H,6-7,10-11H2,1H3. The number of carbonyl (C=O) groups is 1. The first-order chi connectivity index (χ1) is 11.5. The molecule has 0 spiro atoms. The number of nitrogens with zero attached hydrogens (tertiary/aromatic N) is 1. The molecule has 4 nitrogen and oxygen atoms in total. The van der Waals surface area contributed by atoms with Crippen molar-refractivity contribution in [2.24, 2.45) is 0 Å². The summed E-state index contributed by atoms with van der Waals surface area (Å²) in [4.78, 5) is 14.1. The number of benzene rings is 2. The second kappa shape index (κ2) is 7.32. The van der Waals surface area contributed by atoms with Crippen LogP contribution in [0.2, 0.25) is 10.0 Å². The van der Waals surface area contributed by atoms with Crippen molar-refractivity contribution in [3.8, 4) is 11.5 Å². The molecule has 0 bridgehead atoms. The number of likely N-dealkylation sites (N-methyl/N-ethyl adjacent to an activating group) is 1. The zero-order valence-electron chi connectivity index (χ0n) is 13.2. The number of halogens is 2. The first-order valence-corrected chi connectivity index (χ1v) is 8.35. The van der Waals surface area contributed by atoms with Gasteiger partial charge in [0.05, 0.1) is 16.5 Å². The third-order valence-corrected chi connectivity index (χ3v) is 4.53. The summed E-state index contributed by atoms with van der Waals surface area (Å²) in [5, 5.41) is 0.939. The fourth-order valence-electron chi connectivity index (χ4n) is 2.51. The van der Waals surface area contributed by atoms with E-state index >= 15 is 0 Å². The van der Waals surface area contributed by atoms with Gasteiger partial charge in [0.1, 0.15) is 13.2 Å². The fourth-order valence-corrected chi connectivity index (χ4v) is 2.83. The lowest BCUT2D eigenvalue weighted by Crippen LogP contribution is -2.27. The summed E-state index contributed by atoms with van der Waals surface area (Å²) in [5.41, 5.74) is 1.83. The Balaban J connectivity index is 1.64. The van der Waals surface area contributed by atoms with E-state index in [0.717, 1.165) is 22.6 Å². The van der Waals surface area contributed by atoms with Crippen LogP contribution in [0.15, 0.2) is 36.4 Å². The molecular formula is C18H17Cl2NO3. The van der Waals surface area contributed by atoms with Crippen molar-refractivity contribution >= 4 is 29.1 Å². The van der Waals surface area contributed by atoms with E-state index in [2.05, 4.69) is 0 Å². The molecule has 3 rings (SSSR count). The predicted molar refractivity (Wildman–Crippen MR) is 94.1 cm³/mol. The highest BCUT2D eigenvalue weighted by atomic mass is 35.5. The monoisotopic (exact) mass is 365 g/mol. The molecule has 1 heterocycles. The van der Waals surface area contributed by atoms with Crippen molar-refractivity contribution in [2.45, 2.75) is 13.0 Å². The Morgan fingerprint density at radius 1 is 1.00 bits per heavy atom. The summed E-state index contributed by atoms with van der Waals surface area (Å²) >= 11 is 11.9. The number of carbonyl (C=O) groups excluding carboxylic acids is 1. The van der Waals surface area contributed by atoms with E-state index in [9.17, 15) is 4.79 Å². The fraction of sp³-hybridized carbons (Fsp3) is 0.278. The maximum atomic E-state index is 12.4. The summed E-state index contributed by atoms with van der Waals surface area (Å²) < 4.78 is 11.1. The second-order valence-electron chi connectivity index (χ2n) is 5.65. The van der Waals surface area contributed by atoms with Gasteiger partial charge in [-0.25, -0.2) is 0 Å². The maximum absolute atomic E-state index is 12.4. The van der Waals surface area contributed by atoms with Crippen LogP contribution in [-0.4, -0.2) is 31.1 Å². The first kappa shape index (κ1) is 16.9. The Labute approximate surface area is 150 Å². The van der Waals surface area contributed by atoms with E-state index in [4.69, 9.17) is 32.7 Å². The van der Waals surface area contributed by atoms with Crippen molar-refractivity contribution in [3.05, 3.63) is 57.6 Å². The molecule has 2 aromatic carbocycles. The molecule has 0 aliphatic carbocycles. The van der Waals surface area contributed by atoms with E-state index in [0.29, 0.717) is 29.8 Å². The summed E-state index contributed by atoms with van der Waals surface area (Å²) in [6, 6.07) is 11.0. The molecule has 1 aliphatic heterocycles. The Kier molecular flexibility index (Phi) is 5.17. The Bertz CT molecular complexity index is 764. The molecule has 0 saturated heterocycles. The van der Waals surface area contributed by atoms with E-state index < -0.39 is 0 Å². The largest absolute Gasteiger partial charge is 0.486 e. The highest BCUT2D eigenvalue weighted by Gasteiger charge is 2.15. The molecule has 0 unspecified atom stereocenters. The quantitative estimate of drug-likeness (QED) is 0.822. The van der Waals surface area contributed by atoms with Gasteiger partial charge in [-0.2, -0.15) is 0 Å². The van der Waals surface area contributed by atoms with Crippen molar-refractivity contribution in [3.63, 3.8) is 0 Å². The normalized spacial score (nSPS) is 12.8. The van der Waals surface area contributed by atoms with Gasteiger partial charge < -0.3 is 14.4 Å². The van der Waals surface area contributed by atoms with Crippen LogP contribution in [0.4, 0.5) is 0 Å². The van der Waals surface area contributed by atoms with E-state index in [1.165, 1.54) is 0 Å². The van der Waals surface area contributed by atoms with Crippen LogP contribution in [0, 0.1) is 0 Å². The number of hydrogen-bond acceptors (Lipinski definition) is 3. The molecule has 2 aromatic rings. The van der Waals surface area contributed by atoms with Crippen LogP contribution >= 0.6 is 23.2 Å². The van der Waals surface area contributed by atoms with Crippen molar-refractivity contribution in [1.29, 1.82) is 0 Å². The average molecular weight is 366 g/mol. The minimum Gasteiger partial charge on any atom is -0.486 e. The zero-order chi connectivity index (χ0) is 17.1. The molecule has 0 atom stereocenters. The van der Waals surface area contributed by atoms with Crippen molar-refractivity contribution in [1.82, 2.24) is 4.90 Å². The molecular weight excluding hydrogens is 349 g/mol. The molecule has 1 aliphatic rings. The summed E-state index contributed by atoms with van der Waals surface area (Å²) in [7, 11) is 1.77. The van der Waals surface area contributed by atoms with Gasteiger partial charge in [-0.15, -0.1) is 0 Å². The minimum atomic E-state index is 0.00304. The lowest BCUT2D eigenvalue weighted by molar-refractivity contribution is -0.129. The topological polar surface area (TPSA) is 38.8 Å². The molecule has 0 radical (unpaired) electrons. The number of rotatable bonds is 4. The maximum Gasteiger partial charge on any atom is 0.227 e. The van der Waals surface area contributed by atoms with E-state index in [1.54, 1.807) is 24.1 Å².